The van der Waals surface area contributed by atoms with Gasteiger partial charge in [-0.25, -0.2) is 0 Å². The minimum atomic E-state index is -0.608. The number of nitrogens with one attached hydrogen (secondary N) is 1. The average molecular weight is 435 g/mol. The van der Waals surface area contributed by atoms with E-state index in [2.05, 4.69) is 5.32 Å². The van der Waals surface area contributed by atoms with Crippen LogP contribution in [0.5, 0.6) is 0 Å². The van der Waals surface area contributed by atoms with E-state index in [1.807, 2.05) is 78.9 Å². The third-order valence-corrected chi connectivity index (χ3v) is 5.67. The molecule has 0 radical (unpaired) electrons. The molecule has 3 rings (SSSR count). The van der Waals surface area contributed by atoms with Crippen LogP contribution >= 0.6 is 11.6 Å². The van der Waals surface area contributed by atoms with Gasteiger partial charge < -0.3 is 10.2 Å². The quantitative estimate of drug-likeness (QED) is 0.540. The van der Waals surface area contributed by atoms with Crippen molar-refractivity contribution in [3.63, 3.8) is 0 Å². The van der Waals surface area contributed by atoms with Crippen LogP contribution in [0.4, 0.5) is 0 Å². The van der Waals surface area contributed by atoms with Gasteiger partial charge in [0.05, 0.1) is 0 Å². The van der Waals surface area contributed by atoms with Crippen molar-refractivity contribution in [3.8, 4) is 0 Å². The Hall–Kier alpha value is -3.11. The van der Waals surface area contributed by atoms with Crippen molar-refractivity contribution >= 4 is 23.4 Å². The fourth-order valence-electron chi connectivity index (χ4n) is 3.71. The number of likely N-dealkylation sites (N-methyl/N-ethyl adjacent to an activating group) is 1. The van der Waals surface area contributed by atoms with E-state index in [9.17, 15) is 9.59 Å². The molecule has 0 heterocycles. The number of carbonyl (C=O) groups excluding carboxylic acids is 2. The predicted molar refractivity (Wildman–Crippen MR) is 125 cm³/mol. The monoisotopic (exact) mass is 434 g/mol. The number of nitrogens with zero attached hydrogens (tertiary/aromatic N) is 1. The number of amides is 2. The van der Waals surface area contributed by atoms with Crippen molar-refractivity contribution in [3.05, 3.63) is 107 Å². The first-order valence-electron chi connectivity index (χ1n) is 10.3. The summed E-state index contributed by atoms with van der Waals surface area (Å²) in [5.41, 5.74) is 3.02. The minimum absolute atomic E-state index is 0.0891. The zero-order valence-corrected chi connectivity index (χ0v) is 18.5. The Labute approximate surface area is 188 Å². The summed E-state index contributed by atoms with van der Waals surface area (Å²) >= 11 is 6.14. The second-order valence-corrected chi connectivity index (χ2v) is 7.96. The molecule has 4 nitrogen and oxygen atoms in total. The topological polar surface area (TPSA) is 49.4 Å². The molecule has 1 atom stereocenters. The van der Waals surface area contributed by atoms with E-state index >= 15 is 0 Å². The summed E-state index contributed by atoms with van der Waals surface area (Å²) in [6.45, 7) is 2.06. The lowest BCUT2D eigenvalue weighted by Crippen LogP contribution is -2.47. The van der Waals surface area contributed by atoms with Gasteiger partial charge in [0.15, 0.2) is 0 Å². The fourth-order valence-corrected chi connectivity index (χ4v) is 3.93. The third kappa shape index (κ3) is 5.96. The summed E-state index contributed by atoms with van der Waals surface area (Å²) in [5, 5.41) is 3.26. The summed E-state index contributed by atoms with van der Waals surface area (Å²) in [7, 11) is 1.58. The second kappa shape index (κ2) is 10.8. The molecule has 0 unspecified atom stereocenters. The number of hydrogen-bond acceptors (Lipinski definition) is 2. The highest BCUT2D eigenvalue weighted by molar-refractivity contribution is 6.30. The van der Waals surface area contributed by atoms with Crippen LogP contribution < -0.4 is 5.32 Å². The number of rotatable bonds is 8. The van der Waals surface area contributed by atoms with Crippen molar-refractivity contribution in [2.75, 3.05) is 7.05 Å². The van der Waals surface area contributed by atoms with E-state index in [1.165, 1.54) is 0 Å². The first kappa shape index (κ1) is 22.6. The SMILES string of the molecule is CNC(=O)[C@H](C)N(Cc1cccc(Cl)c1)C(=O)CC(c1ccccc1)c1ccccc1. The van der Waals surface area contributed by atoms with Crippen LogP contribution in [0, 0.1) is 0 Å². The Balaban J connectivity index is 1.91. The van der Waals surface area contributed by atoms with E-state index in [0.717, 1.165) is 16.7 Å². The molecule has 0 aliphatic rings. The molecule has 0 spiro atoms. The van der Waals surface area contributed by atoms with Gasteiger partial charge in [-0.2, -0.15) is 0 Å². The van der Waals surface area contributed by atoms with Crippen LogP contribution in [0.1, 0.15) is 36.0 Å². The van der Waals surface area contributed by atoms with Crippen molar-refractivity contribution in [1.82, 2.24) is 10.2 Å². The van der Waals surface area contributed by atoms with Gasteiger partial charge in [0.25, 0.3) is 0 Å². The van der Waals surface area contributed by atoms with E-state index in [-0.39, 0.29) is 24.2 Å². The van der Waals surface area contributed by atoms with Crippen molar-refractivity contribution in [2.24, 2.45) is 0 Å². The molecule has 0 aliphatic heterocycles. The van der Waals surface area contributed by atoms with Crippen molar-refractivity contribution in [1.29, 1.82) is 0 Å². The fraction of sp³-hybridized carbons (Fsp3) is 0.231. The molecular formula is C26H27ClN2O2. The zero-order valence-electron chi connectivity index (χ0n) is 17.8. The molecule has 1 N–H and O–H groups in total. The average Bonchev–Trinajstić information content (AvgIpc) is 2.81. The highest BCUT2D eigenvalue weighted by atomic mass is 35.5. The zero-order chi connectivity index (χ0) is 22.2. The van der Waals surface area contributed by atoms with Gasteiger partial charge in [-0.1, -0.05) is 84.4 Å². The lowest BCUT2D eigenvalue weighted by Gasteiger charge is -2.30. The van der Waals surface area contributed by atoms with Gasteiger partial charge in [-0.05, 0) is 35.7 Å². The standard InChI is InChI=1S/C26H27ClN2O2/c1-19(26(31)28-2)29(18-20-10-9-15-23(27)16-20)25(30)17-24(21-11-5-3-6-12-21)22-13-7-4-8-14-22/h3-16,19,24H,17-18H2,1-2H3,(H,28,31)/t19-/m0/s1. The van der Waals surface area contributed by atoms with Crippen LogP contribution in [0.2, 0.25) is 5.02 Å². The van der Waals surface area contributed by atoms with Gasteiger partial charge in [0.1, 0.15) is 6.04 Å². The molecule has 0 bridgehead atoms. The first-order valence-corrected chi connectivity index (χ1v) is 10.7. The predicted octanol–water partition coefficient (Wildman–Crippen LogP) is 5.03. The Morgan fingerprint density at radius 3 is 2.00 bits per heavy atom. The van der Waals surface area contributed by atoms with Crippen LogP contribution in [0.15, 0.2) is 84.9 Å². The molecule has 31 heavy (non-hydrogen) atoms. The van der Waals surface area contributed by atoms with E-state index in [4.69, 9.17) is 11.6 Å². The molecule has 0 fully saturated rings. The Morgan fingerprint density at radius 1 is 0.903 bits per heavy atom. The molecule has 2 amide bonds. The molecule has 0 saturated heterocycles. The second-order valence-electron chi connectivity index (χ2n) is 7.52. The number of carbonyl (C=O) groups is 2. The molecule has 160 valence electrons. The lowest BCUT2D eigenvalue weighted by atomic mass is 9.88. The largest absolute Gasteiger partial charge is 0.357 e. The molecule has 0 aromatic heterocycles. The highest BCUT2D eigenvalue weighted by Crippen LogP contribution is 2.29. The maximum absolute atomic E-state index is 13.6. The first-order chi connectivity index (χ1) is 15.0. The smallest absolute Gasteiger partial charge is 0.242 e. The maximum atomic E-state index is 13.6. The molecule has 0 saturated carbocycles. The summed E-state index contributed by atoms with van der Waals surface area (Å²) in [4.78, 5) is 27.6. The summed E-state index contributed by atoms with van der Waals surface area (Å²) < 4.78 is 0. The lowest BCUT2D eigenvalue weighted by molar-refractivity contribution is -0.140. The van der Waals surface area contributed by atoms with E-state index in [0.29, 0.717) is 11.6 Å². The Kier molecular flexibility index (Phi) is 7.85. The van der Waals surface area contributed by atoms with Crippen LogP contribution in [0.25, 0.3) is 0 Å². The molecule has 3 aromatic carbocycles. The van der Waals surface area contributed by atoms with Gasteiger partial charge in [-0.3, -0.25) is 9.59 Å². The number of hydrogen-bond donors (Lipinski definition) is 1. The van der Waals surface area contributed by atoms with E-state index < -0.39 is 6.04 Å². The van der Waals surface area contributed by atoms with Crippen LogP contribution in [-0.2, 0) is 16.1 Å². The molecule has 3 aromatic rings. The van der Waals surface area contributed by atoms with Crippen molar-refractivity contribution < 1.29 is 9.59 Å². The Bertz CT molecular complexity index is 969. The minimum Gasteiger partial charge on any atom is -0.357 e. The van der Waals surface area contributed by atoms with Crippen LogP contribution in [-0.4, -0.2) is 29.8 Å². The van der Waals surface area contributed by atoms with E-state index in [1.54, 1.807) is 24.9 Å². The normalized spacial score (nSPS) is 11.7. The molecular weight excluding hydrogens is 408 g/mol. The maximum Gasteiger partial charge on any atom is 0.242 e. The van der Waals surface area contributed by atoms with Gasteiger partial charge >= 0.3 is 0 Å². The Morgan fingerprint density at radius 2 is 1.48 bits per heavy atom. The summed E-state index contributed by atoms with van der Waals surface area (Å²) in [6.07, 6.45) is 0.260. The van der Waals surface area contributed by atoms with Crippen molar-refractivity contribution in [2.45, 2.75) is 31.8 Å². The van der Waals surface area contributed by atoms with Gasteiger partial charge in [-0.15, -0.1) is 0 Å². The summed E-state index contributed by atoms with van der Waals surface area (Å²) in [5.74, 6) is -0.395. The van der Waals surface area contributed by atoms with Gasteiger partial charge in [0, 0.05) is 31.0 Å². The molecule has 5 heteroatoms. The van der Waals surface area contributed by atoms with Crippen LogP contribution in [0.3, 0.4) is 0 Å². The third-order valence-electron chi connectivity index (χ3n) is 5.44. The summed E-state index contributed by atoms with van der Waals surface area (Å²) in [6, 6.07) is 26.8. The highest BCUT2D eigenvalue weighted by Gasteiger charge is 2.28. The number of benzene rings is 3. The van der Waals surface area contributed by atoms with Gasteiger partial charge in [0.2, 0.25) is 11.8 Å². The number of halogens is 1. The molecule has 0 aliphatic carbocycles.